The molecule has 2 rings (SSSR count). The fourth-order valence-electron chi connectivity index (χ4n) is 2.46. The largest absolute Gasteiger partial charge is 0.356 e. The number of hydrogen-bond donors (Lipinski definition) is 1. The zero-order valence-corrected chi connectivity index (χ0v) is 16.9. The summed E-state index contributed by atoms with van der Waals surface area (Å²) in [5, 5.41) is 4.22. The highest BCUT2D eigenvalue weighted by atomic mass is 127. The third-order valence-electron chi connectivity index (χ3n) is 3.77. The number of aryl methyl sites for hydroxylation is 1. The first-order valence-electron chi connectivity index (χ1n) is 7.71. The summed E-state index contributed by atoms with van der Waals surface area (Å²) in [7, 11) is 1.87. The number of hydrogen-bond acceptors (Lipinski definition) is 3. The van der Waals surface area contributed by atoms with Crippen LogP contribution in [0.1, 0.15) is 24.6 Å². The molecule has 1 aliphatic heterocycles. The Labute approximate surface area is 155 Å². The Morgan fingerprint density at radius 3 is 2.95 bits per heavy atom. The van der Waals surface area contributed by atoms with Gasteiger partial charge < -0.3 is 10.2 Å². The van der Waals surface area contributed by atoms with Crippen LogP contribution in [0, 0.1) is 6.92 Å². The Balaban J connectivity index is 0.00000242. The Morgan fingerprint density at radius 1 is 1.50 bits per heavy atom. The van der Waals surface area contributed by atoms with Gasteiger partial charge in [0.05, 0.1) is 0 Å². The number of pyridine rings is 1. The molecule has 0 saturated carbocycles. The van der Waals surface area contributed by atoms with E-state index in [2.05, 4.69) is 51.0 Å². The van der Waals surface area contributed by atoms with E-state index in [1.165, 1.54) is 17.7 Å². The van der Waals surface area contributed by atoms with Gasteiger partial charge in [-0.25, -0.2) is 0 Å². The number of aromatic nitrogens is 1. The third kappa shape index (κ3) is 5.95. The van der Waals surface area contributed by atoms with E-state index in [0.717, 1.165) is 43.0 Å². The van der Waals surface area contributed by atoms with Gasteiger partial charge >= 0.3 is 0 Å². The number of nitrogens with zero attached hydrogens (tertiary/aromatic N) is 3. The van der Waals surface area contributed by atoms with Gasteiger partial charge in [0.15, 0.2) is 5.96 Å². The van der Waals surface area contributed by atoms with Crippen LogP contribution in [0.5, 0.6) is 0 Å². The molecule has 0 aliphatic carbocycles. The summed E-state index contributed by atoms with van der Waals surface area (Å²) >= 11 is 2.08. The van der Waals surface area contributed by atoms with Crippen molar-refractivity contribution in [1.82, 2.24) is 15.2 Å². The minimum Gasteiger partial charge on any atom is -0.356 e. The second-order valence-electron chi connectivity index (χ2n) is 5.38. The first-order chi connectivity index (χ1) is 10.2. The van der Waals surface area contributed by atoms with Gasteiger partial charge in [0.1, 0.15) is 0 Å². The van der Waals surface area contributed by atoms with Gasteiger partial charge in [-0.2, -0.15) is 11.8 Å². The molecule has 1 unspecified atom stereocenters. The normalized spacial score (nSPS) is 18.8. The lowest BCUT2D eigenvalue weighted by atomic mass is 10.2. The van der Waals surface area contributed by atoms with Crippen molar-refractivity contribution < 1.29 is 0 Å². The van der Waals surface area contributed by atoms with Gasteiger partial charge in [0, 0.05) is 49.6 Å². The average Bonchev–Trinajstić information content (AvgIpc) is 2.53. The predicted molar refractivity (Wildman–Crippen MR) is 108 cm³/mol. The first-order valence-corrected chi connectivity index (χ1v) is 8.76. The van der Waals surface area contributed by atoms with Crippen LogP contribution in [0.3, 0.4) is 0 Å². The molecule has 0 aromatic carbocycles. The van der Waals surface area contributed by atoms with Gasteiger partial charge in [0.25, 0.3) is 0 Å². The molecule has 6 heteroatoms. The van der Waals surface area contributed by atoms with Crippen molar-refractivity contribution in [2.75, 3.05) is 32.4 Å². The van der Waals surface area contributed by atoms with E-state index in [1.54, 1.807) is 0 Å². The molecule has 0 radical (unpaired) electrons. The van der Waals surface area contributed by atoms with E-state index >= 15 is 0 Å². The molecular weight excluding hydrogens is 407 g/mol. The summed E-state index contributed by atoms with van der Waals surface area (Å²) in [6.45, 7) is 7.38. The number of halogens is 1. The second-order valence-corrected chi connectivity index (χ2v) is 6.79. The highest BCUT2D eigenvalue weighted by Crippen LogP contribution is 2.20. The van der Waals surface area contributed by atoms with Crippen LogP contribution in [0.15, 0.2) is 23.3 Å². The fourth-order valence-corrected chi connectivity index (χ4v) is 3.64. The maximum atomic E-state index is 4.43. The van der Waals surface area contributed by atoms with E-state index in [9.17, 15) is 0 Å². The summed E-state index contributed by atoms with van der Waals surface area (Å²) in [5.74, 6) is 2.23. The minimum absolute atomic E-state index is 0. The van der Waals surface area contributed by atoms with Gasteiger partial charge in [0.2, 0.25) is 0 Å². The quantitative estimate of drug-likeness (QED) is 0.450. The van der Waals surface area contributed by atoms with Crippen molar-refractivity contribution in [2.24, 2.45) is 4.99 Å². The summed E-state index contributed by atoms with van der Waals surface area (Å²) in [6, 6.07) is 4.22. The molecule has 0 amide bonds. The number of nitrogens with one attached hydrogen (secondary N) is 1. The summed E-state index contributed by atoms with van der Waals surface area (Å²) in [5.41, 5.74) is 2.34. The monoisotopic (exact) mass is 434 g/mol. The highest BCUT2D eigenvalue weighted by Gasteiger charge is 2.21. The van der Waals surface area contributed by atoms with E-state index in [1.807, 2.05) is 20.2 Å². The minimum atomic E-state index is 0. The van der Waals surface area contributed by atoms with Crippen LogP contribution in [0.2, 0.25) is 0 Å². The van der Waals surface area contributed by atoms with Crippen molar-refractivity contribution in [2.45, 2.75) is 31.9 Å². The van der Waals surface area contributed by atoms with Crippen molar-refractivity contribution in [3.63, 3.8) is 0 Å². The molecule has 0 spiro atoms. The van der Waals surface area contributed by atoms with Gasteiger partial charge in [-0.15, -0.1) is 24.0 Å². The van der Waals surface area contributed by atoms with Gasteiger partial charge in [-0.05, 0) is 31.4 Å². The van der Waals surface area contributed by atoms with Crippen molar-refractivity contribution in [3.05, 3.63) is 29.6 Å². The fraction of sp³-hybridized carbons (Fsp3) is 0.625. The summed E-state index contributed by atoms with van der Waals surface area (Å²) < 4.78 is 0. The molecular formula is C16H27IN4S. The van der Waals surface area contributed by atoms with Gasteiger partial charge in [-0.3, -0.25) is 9.98 Å². The van der Waals surface area contributed by atoms with Crippen LogP contribution in [-0.2, 0) is 6.42 Å². The molecule has 1 aliphatic rings. The third-order valence-corrected chi connectivity index (χ3v) is 5.15. The summed E-state index contributed by atoms with van der Waals surface area (Å²) in [4.78, 5) is 11.2. The lowest BCUT2D eigenvalue weighted by Crippen LogP contribution is -2.48. The number of guanidine groups is 1. The molecule has 2 heterocycles. The molecule has 1 atom stereocenters. The van der Waals surface area contributed by atoms with Crippen LogP contribution >= 0.6 is 35.7 Å². The van der Waals surface area contributed by atoms with E-state index in [4.69, 9.17) is 0 Å². The Bertz CT molecular complexity index is 464. The molecule has 1 aromatic rings. The number of thioether (sulfide) groups is 1. The summed E-state index contributed by atoms with van der Waals surface area (Å²) in [6.07, 6.45) is 4.17. The first kappa shape index (κ1) is 19.5. The van der Waals surface area contributed by atoms with E-state index in [0.29, 0.717) is 0 Å². The molecule has 1 saturated heterocycles. The topological polar surface area (TPSA) is 40.5 Å². The molecule has 1 aromatic heterocycles. The lowest BCUT2D eigenvalue weighted by molar-refractivity contribution is 0.408. The zero-order chi connectivity index (χ0) is 15.1. The van der Waals surface area contributed by atoms with E-state index < -0.39 is 0 Å². The maximum Gasteiger partial charge on any atom is 0.193 e. The SMILES string of the molecule is CCC1CN(C(=NC)NCCc2ccc(C)nc2)CCS1.I. The standard InChI is InChI=1S/C16H26N4S.HI/c1-4-15-12-20(9-10-21-15)16(17-3)18-8-7-14-6-5-13(2)19-11-14;/h5-6,11,15H,4,7-10,12H2,1-3H3,(H,17,18);1H. The molecule has 0 bridgehead atoms. The Morgan fingerprint density at radius 2 is 2.32 bits per heavy atom. The van der Waals surface area contributed by atoms with Crippen molar-refractivity contribution in [3.8, 4) is 0 Å². The van der Waals surface area contributed by atoms with Crippen LogP contribution in [0.4, 0.5) is 0 Å². The molecule has 22 heavy (non-hydrogen) atoms. The smallest absolute Gasteiger partial charge is 0.193 e. The van der Waals surface area contributed by atoms with Crippen LogP contribution < -0.4 is 5.32 Å². The average molecular weight is 434 g/mol. The lowest BCUT2D eigenvalue weighted by Gasteiger charge is -2.34. The predicted octanol–water partition coefficient (Wildman–Crippen LogP) is 2.95. The second kappa shape index (κ2) is 10.3. The van der Waals surface area contributed by atoms with Gasteiger partial charge in [-0.1, -0.05) is 13.0 Å². The highest BCUT2D eigenvalue weighted by molar-refractivity contribution is 14.0. The Hall–Kier alpha value is -0.500. The molecule has 1 fully saturated rings. The molecule has 124 valence electrons. The van der Waals surface area contributed by atoms with E-state index in [-0.39, 0.29) is 24.0 Å². The molecule has 4 nitrogen and oxygen atoms in total. The van der Waals surface area contributed by atoms with Crippen LogP contribution in [0.25, 0.3) is 0 Å². The molecule has 1 N–H and O–H groups in total. The zero-order valence-electron chi connectivity index (χ0n) is 13.7. The van der Waals surface area contributed by atoms with Crippen molar-refractivity contribution >= 4 is 41.7 Å². The maximum absolute atomic E-state index is 4.43. The number of rotatable bonds is 4. The van der Waals surface area contributed by atoms with Crippen LogP contribution in [-0.4, -0.2) is 53.5 Å². The Kier molecular flexibility index (Phi) is 9.16. The number of aliphatic imine (C=N–C) groups is 1. The van der Waals surface area contributed by atoms with Crippen molar-refractivity contribution in [1.29, 1.82) is 0 Å².